The molecule has 0 fully saturated rings. The number of ether oxygens (including phenoxy) is 1. The molecule has 0 radical (unpaired) electrons. The highest BCUT2D eigenvalue weighted by atomic mass is 16.5. The van der Waals surface area contributed by atoms with Crippen molar-refractivity contribution < 1.29 is 4.74 Å². The quantitative estimate of drug-likeness (QED) is 0.490. The van der Waals surface area contributed by atoms with E-state index in [1.807, 2.05) is 0 Å². The maximum absolute atomic E-state index is 5.53. The van der Waals surface area contributed by atoms with Gasteiger partial charge in [0, 0.05) is 13.2 Å². The minimum atomic E-state index is 0.485. The lowest BCUT2D eigenvalue weighted by atomic mass is 10.1. The third kappa shape index (κ3) is 12.1. The summed E-state index contributed by atoms with van der Waals surface area (Å²) in [6, 6.07) is 0.485. The van der Waals surface area contributed by atoms with Crippen LogP contribution in [0.15, 0.2) is 0 Å². The van der Waals surface area contributed by atoms with Crippen LogP contribution in [0.4, 0.5) is 0 Å². The number of unbranched alkanes of at least 4 members (excludes halogenated alkanes) is 5. The third-order valence-corrected chi connectivity index (χ3v) is 3.09. The van der Waals surface area contributed by atoms with Gasteiger partial charge in [0.25, 0.3) is 0 Å². The summed E-state index contributed by atoms with van der Waals surface area (Å²) in [6.45, 7) is 4.95. The summed E-state index contributed by atoms with van der Waals surface area (Å²) in [5.41, 5.74) is 5.53. The summed E-state index contributed by atoms with van der Waals surface area (Å²) >= 11 is 0. The number of hydrogen-bond acceptors (Lipinski definition) is 3. The minimum Gasteiger partial charge on any atom is -0.383 e. The highest BCUT2D eigenvalue weighted by molar-refractivity contribution is 4.66. The van der Waals surface area contributed by atoms with Crippen LogP contribution in [0.3, 0.4) is 0 Å². The van der Waals surface area contributed by atoms with Crippen LogP contribution in [0, 0.1) is 0 Å². The normalized spacial score (nSPS) is 12.9. The molecule has 3 nitrogen and oxygen atoms in total. The molecule has 0 aromatic rings. The average Bonchev–Trinajstić information content (AvgIpc) is 2.34. The molecule has 0 aliphatic heterocycles. The first-order valence-electron chi connectivity index (χ1n) is 7.27. The first-order valence-corrected chi connectivity index (χ1v) is 7.27. The van der Waals surface area contributed by atoms with Gasteiger partial charge in [-0.3, -0.25) is 0 Å². The molecule has 17 heavy (non-hydrogen) atoms. The zero-order valence-corrected chi connectivity index (χ0v) is 11.8. The highest BCUT2D eigenvalue weighted by Crippen LogP contribution is 2.04. The number of hydrogen-bond donors (Lipinski definition) is 2. The topological polar surface area (TPSA) is 47.3 Å². The Balaban J connectivity index is 3.34. The van der Waals surface area contributed by atoms with Crippen molar-refractivity contribution >= 4 is 0 Å². The Morgan fingerprint density at radius 3 is 2.41 bits per heavy atom. The van der Waals surface area contributed by atoms with Crippen molar-refractivity contribution in [1.29, 1.82) is 0 Å². The number of nitrogens with one attached hydrogen (secondary N) is 1. The van der Waals surface area contributed by atoms with Crippen molar-refractivity contribution in [2.24, 2.45) is 5.73 Å². The lowest BCUT2D eigenvalue weighted by molar-refractivity contribution is 0.161. The van der Waals surface area contributed by atoms with Gasteiger partial charge in [-0.15, -0.1) is 0 Å². The summed E-state index contributed by atoms with van der Waals surface area (Å²) < 4.78 is 5.21. The van der Waals surface area contributed by atoms with Gasteiger partial charge < -0.3 is 15.8 Å². The molecule has 0 heterocycles. The van der Waals surface area contributed by atoms with Gasteiger partial charge in [0.05, 0.1) is 6.61 Å². The van der Waals surface area contributed by atoms with Crippen LogP contribution in [-0.4, -0.2) is 32.8 Å². The van der Waals surface area contributed by atoms with E-state index in [1.54, 1.807) is 7.11 Å². The van der Waals surface area contributed by atoms with Gasteiger partial charge >= 0.3 is 0 Å². The van der Waals surface area contributed by atoms with Crippen LogP contribution >= 0.6 is 0 Å². The van der Waals surface area contributed by atoms with Crippen molar-refractivity contribution in [3.05, 3.63) is 0 Å². The number of methoxy groups -OCH3 is 1. The van der Waals surface area contributed by atoms with Crippen LogP contribution in [0.25, 0.3) is 0 Å². The summed E-state index contributed by atoms with van der Waals surface area (Å²) in [5, 5.41) is 3.57. The highest BCUT2D eigenvalue weighted by Gasteiger charge is 2.06. The Labute approximate surface area is 107 Å². The fourth-order valence-electron chi connectivity index (χ4n) is 2.02. The summed E-state index contributed by atoms with van der Waals surface area (Å²) in [6.07, 6.45) is 10.3. The Bertz CT molecular complexity index is 142. The number of rotatable bonds is 13. The van der Waals surface area contributed by atoms with E-state index in [0.29, 0.717) is 6.04 Å². The molecule has 0 saturated heterocycles. The van der Waals surface area contributed by atoms with Crippen molar-refractivity contribution in [2.45, 2.75) is 64.3 Å². The standard InChI is InChI=1S/C14H32N2O/c1-3-4-5-6-7-8-12-16-14(13-17-2)10-9-11-15/h14,16H,3-13,15H2,1-2H3. The van der Waals surface area contributed by atoms with Crippen LogP contribution in [0.1, 0.15) is 58.3 Å². The van der Waals surface area contributed by atoms with Gasteiger partial charge in [-0.25, -0.2) is 0 Å². The molecule has 0 amide bonds. The molecular weight excluding hydrogens is 212 g/mol. The molecule has 0 saturated carbocycles. The van der Waals surface area contributed by atoms with Gasteiger partial charge in [-0.1, -0.05) is 39.0 Å². The third-order valence-electron chi connectivity index (χ3n) is 3.09. The molecule has 1 unspecified atom stereocenters. The van der Waals surface area contributed by atoms with Crippen molar-refractivity contribution in [2.75, 3.05) is 26.8 Å². The molecule has 0 aromatic heterocycles. The minimum absolute atomic E-state index is 0.485. The lowest BCUT2D eigenvalue weighted by Gasteiger charge is -2.17. The monoisotopic (exact) mass is 244 g/mol. The first kappa shape index (κ1) is 16.9. The maximum atomic E-state index is 5.53. The molecule has 3 heteroatoms. The Kier molecular flexibility index (Phi) is 13.8. The van der Waals surface area contributed by atoms with E-state index in [2.05, 4.69) is 12.2 Å². The molecule has 0 bridgehead atoms. The Hall–Kier alpha value is -0.120. The van der Waals surface area contributed by atoms with Crippen LogP contribution in [0.5, 0.6) is 0 Å². The molecule has 0 aliphatic carbocycles. The van der Waals surface area contributed by atoms with Crippen LogP contribution in [0.2, 0.25) is 0 Å². The fourth-order valence-corrected chi connectivity index (χ4v) is 2.02. The average molecular weight is 244 g/mol. The second-order valence-corrected chi connectivity index (χ2v) is 4.81. The second kappa shape index (κ2) is 13.9. The van der Waals surface area contributed by atoms with E-state index in [4.69, 9.17) is 10.5 Å². The van der Waals surface area contributed by atoms with E-state index in [0.717, 1.165) is 32.5 Å². The van der Waals surface area contributed by atoms with E-state index in [1.165, 1.54) is 38.5 Å². The predicted octanol–water partition coefficient (Wildman–Crippen LogP) is 2.69. The van der Waals surface area contributed by atoms with Gasteiger partial charge in [0.1, 0.15) is 0 Å². The molecule has 0 aromatic carbocycles. The molecule has 3 N–H and O–H groups in total. The Morgan fingerprint density at radius 1 is 1.06 bits per heavy atom. The SMILES string of the molecule is CCCCCCCCNC(CCCN)COC. The van der Waals surface area contributed by atoms with Gasteiger partial charge in [-0.2, -0.15) is 0 Å². The van der Waals surface area contributed by atoms with Gasteiger partial charge in [-0.05, 0) is 32.4 Å². The summed E-state index contributed by atoms with van der Waals surface area (Å²) in [4.78, 5) is 0. The molecular formula is C14H32N2O. The first-order chi connectivity index (χ1) is 8.35. The lowest BCUT2D eigenvalue weighted by Crippen LogP contribution is -2.34. The molecule has 1 atom stereocenters. The zero-order valence-electron chi connectivity index (χ0n) is 11.8. The van der Waals surface area contributed by atoms with E-state index < -0.39 is 0 Å². The van der Waals surface area contributed by atoms with Gasteiger partial charge in [0.15, 0.2) is 0 Å². The van der Waals surface area contributed by atoms with E-state index >= 15 is 0 Å². The van der Waals surface area contributed by atoms with E-state index in [-0.39, 0.29) is 0 Å². The van der Waals surface area contributed by atoms with Crippen molar-refractivity contribution in [3.63, 3.8) is 0 Å². The molecule has 0 aliphatic rings. The van der Waals surface area contributed by atoms with E-state index in [9.17, 15) is 0 Å². The zero-order chi connectivity index (χ0) is 12.8. The Morgan fingerprint density at radius 2 is 1.76 bits per heavy atom. The van der Waals surface area contributed by atoms with Crippen molar-refractivity contribution in [3.8, 4) is 0 Å². The predicted molar refractivity (Wildman–Crippen MR) is 75.3 cm³/mol. The molecule has 104 valence electrons. The second-order valence-electron chi connectivity index (χ2n) is 4.81. The van der Waals surface area contributed by atoms with Crippen LogP contribution in [-0.2, 0) is 4.74 Å². The van der Waals surface area contributed by atoms with Crippen LogP contribution < -0.4 is 11.1 Å². The number of nitrogens with two attached hydrogens (primary N) is 1. The molecule has 0 rings (SSSR count). The maximum Gasteiger partial charge on any atom is 0.0615 e. The summed E-state index contributed by atoms with van der Waals surface area (Å²) in [7, 11) is 1.77. The van der Waals surface area contributed by atoms with Crippen molar-refractivity contribution in [1.82, 2.24) is 5.32 Å². The van der Waals surface area contributed by atoms with Gasteiger partial charge in [0.2, 0.25) is 0 Å². The summed E-state index contributed by atoms with van der Waals surface area (Å²) in [5.74, 6) is 0. The smallest absolute Gasteiger partial charge is 0.0615 e. The fraction of sp³-hybridized carbons (Fsp3) is 1.00. The largest absolute Gasteiger partial charge is 0.383 e. The molecule has 0 spiro atoms.